The summed E-state index contributed by atoms with van der Waals surface area (Å²) in [7, 11) is 0. The first kappa shape index (κ1) is 19.7. The molecule has 1 unspecified atom stereocenters. The number of carbonyl (C=O) groups is 1. The molecule has 9 nitrogen and oxygen atoms in total. The van der Waals surface area contributed by atoms with Crippen LogP contribution in [0.25, 0.3) is 0 Å². The normalized spacial score (nSPS) is 23.7. The third-order valence-corrected chi connectivity index (χ3v) is 5.78. The van der Waals surface area contributed by atoms with Crippen LogP contribution in [0, 0.1) is 0 Å². The van der Waals surface area contributed by atoms with E-state index in [1.54, 1.807) is 17.2 Å². The molecule has 29 heavy (non-hydrogen) atoms. The van der Waals surface area contributed by atoms with Crippen molar-refractivity contribution in [1.82, 2.24) is 25.8 Å². The van der Waals surface area contributed by atoms with Gasteiger partial charge in [-0.25, -0.2) is 4.79 Å². The molecule has 0 spiro atoms. The summed E-state index contributed by atoms with van der Waals surface area (Å²) in [6.07, 6.45) is 5.22. The van der Waals surface area contributed by atoms with Crippen molar-refractivity contribution in [3.8, 4) is 0 Å². The Bertz CT molecular complexity index is 884. The number of amides is 2. The van der Waals surface area contributed by atoms with Crippen LogP contribution in [0.3, 0.4) is 0 Å². The van der Waals surface area contributed by atoms with Gasteiger partial charge in [0, 0.05) is 55.5 Å². The van der Waals surface area contributed by atoms with E-state index in [1.165, 1.54) is 6.07 Å². The monoisotopic (exact) mass is 400 g/mol. The number of nitrogens with zero attached hydrogens (tertiary/aromatic N) is 2. The number of hydrogen-bond acceptors (Lipinski definition) is 6. The quantitative estimate of drug-likeness (QED) is 0.593. The lowest BCUT2D eigenvalue weighted by atomic mass is 9.95. The Morgan fingerprint density at radius 2 is 2.17 bits per heavy atom. The van der Waals surface area contributed by atoms with Crippen molar-refractivity contribution in [2.45, 2.75) is 51.1 Å². The lowest BCUT2D eigenvalue weighted by molar-refractivity contribution is 0.0742. The number of urea groups is 1. The van der Waals surface area contributed by atoms with Gasteiger partial charge in [-0.1, -0.05) is 0 Å². The molecular weight excluding hydrogens is 372 g/mol. The molecule has 4 N–H and O–H groups in total. The van der Waals surface area contributed by atoms with Crippen molar-refractivity contribution in [1.29, 1.82) is 0 Å². The molecule has 156 valence electrons. The molecule has 1 saturated heterocycles. The molecule has 1 aromatic rings. The highest BCUT2D eigenvalue weighted by Gasteiger charge is 2.43. The van der Waals surface area contributed by atoms with Gasteiger partial charge >= 0.3 is 6.03 Å². The molecule has 0 saturated carbocycles. The van der Waals surface area contributed by atoms with Crippen LogP contribution in [0.15, 0.2) is 39.4 Å². The number of ether oxygens (including phenoxy) is 1. The van der Waals surface area contributed by atoms with Crippen molar-refractivity contribution in [3.63, 3.8) is 0 Å². The van der Waals surface area contributed by atoms with Gasteiger partial charge in [-0.15, -0.1) is 0 Å². The molecule has 4 heterocycles. The van der Waals surface area contributed by atoms with E-state index in [0.717, 1.165) is 42.9 Å². The number of pyridine rings is 1. The topological polar surface area (TPSA) is 111 Å². The van der Waals surface area contributed by atoms with Crippen LogP contribution in [0.5, 0.6) is 0 Å². The summed E-state index contributed by atoms with van der Waals surface area (Å²) in [6.45, 7) is 6.37. The molecule has 1 atom stereocenters. The first-order chi connectivity index (χ1) is 13.9. The Morgan fingerprint density at radius 3 is 2.93 bits per heavy atom. The van der Waals surface area contributed by atoms with Gasteiger partial charge < -0.3 is 25.3 Å². The SMILES string of the molecule is CC1(C)C2=C(CN1C(=O)NCc1cc[nH]c(=O)c1)NC(NC1CCOCC1)N=C2. The molecule has 9 heteroatoms. The average molecular weight is 400 g/mol. The van der Waals surface area contributed by atoms with E-state index in [-0.39, 0.29) is 17.9 Å². The second-order valence-corrected chi connectivity index (χ2v) is 8.14. The minimum atomic E-state index is -0.478. The summed E-state index contributed by atoms with van der Waals surface area (Å²) >= 11 is 0. The molecule has 3 aliphatic heterocycles. The highest BCUT2D eigenvalue weighted by Crippen LogP contribution is 2.34. The van der Waals surface area contributed by atoms with Crippen LogP contribution < -0.4 is 21.5 Å². The number of aromatic amines is 1. The Kier molecular flexibility index (Phi) is 5.42. The minimum Gasteiger partial charge on any atom is -0.381 e. The van der Waals surface area contributed by atoms with Gasteiger partial charge in [0.25, 0.3) is 0 Å². The number of nitrogens with one attached hydrogen (secondary N) is 4. The van der Waals surface area contributed by atoms with Gasteiger partial charge in [-0.05, 0) is 38.3 Å². The van der Waals surface area contributed by atoms with Gasteiger partial charge in [-0.2, -0.15) is 0 Å². The smallest absolute Gasteiger partial charge is 0.318 e. The number of aromatic nitrogens is 1. The standard InChI is InChI=1S/C20H28N6O3/c1-20(2)15-11-22-18(24-14-4-7-29-8-5-14)25-16(15)12-26(20)19(28)23-10-13-3-6-21-17(27)9-13/h3,6,9,11,14,18,24-25H,4-5,7-8,10,12H2,1-2H3,(H,21,27)(H,23,28). The molecule has 0 radical (unpaired) electrons. The number of carbonyl (C=O) groups excluding carboxylic acids is 1. The maximum Gasteiger partial charge on any atom is 0.318 e. The Hall–Kier alpha value is -2.65. The van der Waals surface area contributed by atoms with Crippen LogP contribution in [-0.4, -0.2) is 59.8 Å². The summed E-state index contributed by atoms with van der Waals surface area (Å²) in [5.41, 5.74) is 2.14. The molecular formula is C20H28N6O3. The predicted molar refractivity (Wildman–Crippen MR) is 110 cm³/mol. The van der Waals surface area contributed by atoms with Crippen molar-refractivity contribution in [3.05, 3.63) is 45.5 Å². The first-order valence-electron chi connectivity index (χ1n) is 10.0. The number of hydrogen-bond donors (Lipinski definition) is 4. The number of H-pyrrole nitrogens is 1. The minimum absolute atomic E-state index is 0.172. The lowest BCUT2D eigenvalue weighted by Crippen LogP contribution is -2.49. The van der Waals surface area contributed by atoms with E-state index >= 15 is 0 Å². The summed E-state index contributed by atoms with van der Waals surface area (Å²) in [5, 5.41) is 9.88. The summed E-state index contributed by atoms with van der Waals surface area (Å²) in [5.74, 6) is 0. The van der Waals surface area contributed by atoms with E-state index in [9.17, 15) is 9.59 Å². The molecule has 3 aliphatic rings. The number of aliphatic imine (C=N–C) groups is 1. The van der Waals surface area contributed by atoms with E-state index in [0.29, 0.717) is 19.1 Å². The molecule has 4 rings (SSSR count). The molecule has 0 aromatic carbocycles. The summed E-state index contributed by atoms with van der Waals surface area (Å²) < 4.78 is 5.41. The zero-order valence-corrected chi connectivity index (χ0v) is 16.8. The Labute approximate surface area is 169 Å². The van der Waals surface area contributed by atoms with Gasteiger partial charge in [0.05, 0.1) is 12.1 Å². The highest BCUT2D eigenvalue weighted by molar-refractivity contribution is 5.88. The highest BCUT2D eigenvalue weighted by atomic mass is 16.5. The maximum absolute atomic E-state index is 12.9. The molecule has 1 fully saturated rings. The van der Waals surface area contributed by atoms with E-state index in [2.05, 4.69) is 25.9 Å². The van der Waals surface area contributed by atoms with Crippen LogP contribution in [0.2, 0.25) is 0 Å². The zero-order valence-electron chi connectivity index (χ0n) is 16.8. The van der Waals surface area contributed by atoms with Crippen LogP contribution >= 0.6 is 0 Å². The van der Waals surface area contributed by atoms with Crippen molar-refractivity contribution in [2.24, 2.45) is 4.99 Å². The van der Waals surface area contributed by atoms with Gasteiger partial charge in [0.15, 0.2) is 6.29 Å². The van der Waals surface area contributed by atoms with Crippen LogP contribution in [0.1, 0.15) is 32.3 Å². The fourth-order valence-corrected chi connectivity index (χ4v) is 4.04. The fraction of sp³-hybridized carbons (Fsp3) is 0.550. The third kappa shape index (κ3) is 4.20. The average Bonchev–Trinajstić information content (AvgIpc) is 2.97. The summed E-state index contributed by atoms with van der Waals surface area (Å²) in [6, 6.07) is 3.47. The first-order valence-corrected chi connectivity index (χ1v) is 10.0. The second-order valence-electron chi connectivity index (χ2n) is 8.14. The van der Waals surface area contributed by atoms with Crippen molar-refractivity contribution < 1.29 is 9.53 Å². The Balaban J connectivity index is 1.37. The molecule has 0 bridgehead atoms. The van der Waals surface area contributed by atoms with Gasteiger partial charge in [0.1, 0.15) is 0 Å². The van der Waals surface area contributed by atoms with Crippen molar-refractivity contribution in [2.75, 3.05) is 19.8 Å². The van der Waals surface area contributed by atoms with E-state index in [4.69, 9.17) is 4.74 Å². The van der Waals surface area contributed by atoms with Gasteiger partial charge in [-0.3, -0.25) is 15.1 Å². The zero-order chi connectivity index (χ0) is 20.4. The fourth-order valence-electron chi connectivity index (χ4n) is 4.04. The third-order valence-electron chi connectivity index (χ3n) is 5.78. The molecule has 0 aliphatic carbocycles. The second kappa shape index (κ2) is 8.00. The number of rotatable bonds is 4. The largest absolute Gasteiger partial charge is 0.381 e. The summed E-state index contributed by atoms with van der Waals surface area (Å²) in [4.78, 5) is 33.3. The predicted octanol–water partition coefficient (Wildman–Crippen LogP) is 0.659. The maximum atomic E-state index is 12.9. The molecule has 2 amide bonds. The van der Waals surface area contributed by atoms with Crippen LogP contribution in [-0.2, 0) is 11.3 Å². The van der Waals surface area contributed by atoms with Gasteiger partial charge in [0.2, 0.25) is 5.56 Å². The van der Waals surface area contributed by atoms with Crippen LogP contribution in [0.4, 0.5) is 4.79 Å². The van der Waals surface area contributed by atoms with E-state index < -0.39 is 5.54 Å². The Morgan fingerprint density at radius 1 is 1.38 bits per heavy atom. The van der Waals surface area contributed by atoms with Crippen molar-refractivity contribution >= 4 is 12.2 Å². The van der Waals surface area contributed by atoms with E-state index in [1.807, 2.05) is 20.1 Å². The molecule has 1 aromatic heterocycles. The lowest BCUT2D eigenvalue weighted by Gasteiger charge is -2.33.